The molecule has 0 aromatic carbocycles. The molecule has 0 bridgehead atoms. The fraction of sp³-hybridized carbons (Fsp3) is 0.480. The number of carbonyl (C=O) groups excluding carboxylic acids is 1. The molecule has 0 saturated heterocycles. The number of alkyl halides is 2. The van der Waals surface area contributed by atoms with Crippen molar-refractivity contribution in [2.75, 3.05) is 69.6 Å². The van der Waals surface area contributed by atoms with Crippen molar-refractivity contribution in [2.24, 2.45) is 0 Å². The van der Waals surface area contributed by atoms with E-state index in [4.69, 9.17) is 15.2 Å². The van der Waals surface area contributed by atoms with Crippen LogP contribution >= 0.6 is 31.9 Å². The molecule has 2 N–H and O–H groups in total. The Bertz CT molecular complexity index is 411. The summed E-state index contributed by atoms with van der Waals surface area (Å²) in [6.45, 7) is 31.2. The maximum absolute atomic E-state index is 8.64. The Balaban J connectivity index is -0.0000000699. The van der Waals surface area contributed by atoms with Crippen LogP contribution in [0.1, 0.15) is 6.92 Å². The van der Waals surface area contributed by atoms with Crippen LogP contribution in [0.5, 0.6) is 0 Å². The summed E-state index contributed by atoms with van der Waals surface area (Å²) < 4.78 is 0. The van der Waals surface area contributed by atoms with Crippen LogP contribution in [0, 0.1) is 0 Å². The van der Waals surface area contributed by atoms with Gasteiger partial charge in [-0.25, -0.2) is 0 Å². The molecule has 201 valence electrons. The van der Waals surface area contributed by atoms with Crippen molar-refractivity contribution < 1.29 is 71.4 Å². The molecule has 1 radical (unpaired) electrons. The van der Waals surface area contributed by atoms with E-state index in [1.165, 1.54) is 0 Å². The Kier molecular flexibility index (Phi) is 91.8. The number of nitrogens with zero attached hydrogens (tertiary/aromatic N) is 2. The third-order valence-corrected chi connectivity index (χ3v) is 4.83. The zero-order valence-corrected chi connectivity index (χ0v) is 32.3. The first-order chi connectivity index (χ1) is 16.4. The molecule has 7 nitrogen and oxygen atoms in total. The maximum Gasteiger partial charge on any atom is 1.00 e. The zero-order valence-electron chi connectivity index (χ0n) is 22.9. The second-order valence-corrected chi connectivity index (χ2v) is 7.38. The largest absolute Gasteiger partial charge is 1.00 e. The Morgan fingerprint density at radius 1 is 0.806 bits per heavy atom. The van der Waals surface area contributed by atoms with Crippen LogP contribution in [0.15, 0.2) is 75.9 Å². The number of carbonyl (C=O) groups is 1. The van der Waals surface area contributed by atoms with Crippen LogP contribution in [0.25, 0.3) is 0 Å². The minimum Gasteiger partial charge on any atom is -0.662 e. The van der Waals surface area contributed by atoms with E-state index in [1.54, 1.807) is 6.92 Å². The number of aliphatic hydroxyl groups is 1. The first-order valence-electron chi connectivity index (χ1n) is 10.7. The van der Waals surface area contributed by atoms with E-state index in [9.17, 15) is 0 Å². The summed E-state index contributed by atoms with van der Waals surface area (Å²) in [5.74, 6) is 0. The van der Waals surface area contributed by atoms with Gasteiger partial charge >= 0.3 is 51.4 Å². The molecule has 0 heterocycles. The summed E-state index contributed by atoms with van der Waals surface area (Å²) in [5.41, 5.74) is 0. The van der Waals surface area contributed by atoms with Gasteiger partial charge in [0.1, 0.15) is 0 Å². The molecule has 0 rings (SSSR count). The molecule has 0 saturated carbocycles. The van der Waals surface area contributed by atoms with E-state index in [0.717, 1.165) is 63.0 Å². The molecule has 0 unspecified atom stereocenters. The van der Waals surface area contributed by atoms with E-state index in [-0.39, 0.29) is 116 Å². The summed E-state index contributed by atoms with van der Waals surface area (Å²) in [6.07, 6.45) is 11.3. The molecule has 11 heteroatoms. The third kappa shape index (κ3) is 70.5. The van der Waals surface area contributed by atoms with E-state index >= 15 is 0 Å². The van der Waals surface area contributed by atoms with Gasteiger partial charge in [0.15, 0.2) is 0 Å². The summed E-state index contributed by atoms with van der Waals surface area (Å²) in [4.78, 5) is 15.9. The van der Waals surface area contributed by atoms with Gasteiger partial charge in [-0.3, -0.25) is 14.6 Å². The van der Waals surface area contributed by atoms with E-state index in [1.807, 2.05) is 36.5 Å². The molecule has 0 atom stereocenters. The number of nitrogens with one attached hydrogen (secondary N) is 1. The monoisotopic (exact) mass is 688 g/mol. The van der Waals surface area contributed by atoms with Crippen molar-refractivity contribution in [3.05, 3.63) is 75.9 Å². The molecule has 0 spiro atoms. The van der Waals surface area contributed by atoms with Crippen LogP contribution < -0.4 is 62.0 Å². The average Bonchev–Trinajstić information content (AvgIpc) is 2.84. The second kappa shape index (κ2) is 61.1. The van der Waals surface area contributed by atoms with Crippen molar-refractivity contribution in [1.82, 2.24) is 15.1 Å². The normalized spacial score (nSPS) is 8.08. The first-order valence-corrected chi connectivity index (χ1v) is 12.9. The quantitative estimate of drug-likeness (QED) is 0.0427. The molecule has 0 aliphatic heterocycles. The van der Waals surface area contributed by atoms with Crippen LogP contribution in [-0.4, -0.2) is 142 Å². The van der Waals surface area contributed by atoms with Crippen molar-refractivity contribution in [1.29, 1.82) is 0 Å². The number of hydrogen-bond donors (Lipinski definition) is 2. The SMILES string of the molecule is BrCCBr.C=CCN(CC=C)CCN(CC=C)CC=C.C=CCNCC=C.CCO.O=CO[O-].[K+].[K]. The van der Waals surface area contributed by atoms with Gasteiger partial charge in [0.2, 0.25) is 0 Å². The fourth-order valence-electron chi connectivity index (χ4n) is 1.81. The molecular formula is C25H46Br2K2N3O4. The Hall–Kier alpha value is 1.94. The molecule has 0 amide bonds. The average molecular weight is 691 g/mol. The van der Waals surface area contributed by atoms with Gasteiger partial charge in [-0.15, -0.1) is 39.5 Å². The van der Waals surface area contributed by atoms with Gasteiger partial charge < -0.3 is 20.6 Å². The van der Waals surface area contributed by atoms with Crippen LogP contribution in [0.4, 0.5) is 0 Å². The van der Waals surface area contributed by atoms with Gasteiger partial charge in [-0.05, 0) is 6.92 Å². The van der Waals surface area contributed by atoms with Gasteiger partial charge in [0, 0.05) is 121 Å². The summed E-state index contributed by atoms with van der Waals surface area (Å²) in [6, 6.07) is 0. The van der Waals surface area contributed by atoms with Gasteiger partial charge in [0.05, 0.1) is 0 Å². The molecule has 0 fully saturated rings. The standard InChI is InChI=1S/C14H24N2.C6H11N.C2H4Br2.C2H6O.CH2O3.2K/c1-5-9-15(10-6-2)13-14-16(11-7-3)12-8-4;1-3-5-7-6-4-2;3-1-2-4;1-2-3;2-1-4-3;;/h5-8H,1-4,9-14H2;3-4,7H,1-2,5-6H2;1-2H2;3H,2H2,1H3;1,3H;;/q;;;;;;+1/p-1. The van der Waals surface area contributed by atoms with Gasteiger partial charge in [-0.2, -0.15) is 0 Å². The minimum absolute atomic E-state index is 0. The zero-order chi connectivity index (χ0) is 27.3. The molecule has 0 aromatic heterocycles. The summed E-state index contributed by atoms with van der Waals surface area (Å²) in [5, 5.41) is 21.1. The van der Waals surface area contributed by atoms with E-state index < -0.39 is 0 Å². The fourth-order valence-corrected chi connectivity index (χ4v) is 1.81. The topological polar surface area (TPSA) is 88.1 Å². The summed E-state index contributed by atoms with van der Waals surface area (Å²) in [7, 11) is 0. The third-order valence-electron chi connectivity index (χ3n) is 2.97. The molecule has 0 aliphatic carbocycles. The Morgan fingerprint density at radius 2 is 1.06 bits per heavy atom. The Labute approximate surface area is 323 Å². The number of rotatable bonds is 17. The number of aliphatic hydroxyl groups excluding tert-OH is 1. The van der Waals surface area contributed by atoms with Crippen LogP contribution in [-0.2, 0) is 9.68 Å². The van der Waals surface area contributed by atoms with Crippen molar-refractivity contribution >= 4 is 89.7 Å². The Morgan fingerprint density at radius 3 is 1.19 bits per heavy atom. The number of hydrogen-bond acceptors (Lipinski definition) is 7. The van der Waals surface area contributed by atoms with Crippen LogP contribution in [0.3, 0.4) is 0 Å². The second-order valence-electron chi connectivity index (χ2n) is 5.80. The predicted octanol–water partition coefficient (Wildman–Crippen LogP) is 0.115. The predicted molar refractivity (Wildman–Crippen MR) is 160 cm³/mol. The van der Waals surface area contributed by atoms with Gasteiger partial charge in [0.25, 0.3) is 6.47 Å². The van der Waals surface area contributed by atoms with Gasteiger partial charge in [-0.1, -0.05) is 68.3 Å². The van der Waals surface area contributed by atoms with E-state index in [0.29, 0.717) is 0 Å². The van der Waals surface area contributed by atoms with E-state index in [2.05, 4.69) is 91.3 Å². The smallest absolute Gasteiger partial charge is 0.662 e. The first kappa shape index (κ1) is 54.1. The minimum atomic E-state index is -0.181. The maximum atomic E-state index is 8.64. The number of halogens is 2. The van der Waals surface area contributed by atoms with Crippen molar-refractivity contribution in [3.63, 3.8) is 0 Å². The van der Waals surface area contributed by atoms with Crippen molar-refractivity contribution in [2.45, 2.75) is 6.92 Å². The molecule has 0 aliphatic rings. The molecule has 36 heavy (non-hydrogen) atoms. The van der Waals surface area contributed by atoms with Crippen molar-refractivity contribution in [3.8, 4) is 0 Å². The molecular weight excluding hydrogens is 644 g/mol. The van der Waals surface area contributed by atoms with Crippen LogP contribution in [0.2, 0.25) is 0 Å². The molecule has 0 aromatic rings. The summed E-state index contributed by atoms with van der Waals surface area (Å²) >= 11 is 6.40.